The molecular weight excluding hydrogens is 248 g/mol. The first kappa shape index (κ1) is 11.4. The number of hydrogen-bond acceptors (Lipinski definition) is 3. The third kappa shape index (κ3) is 1.65. The van der Waals surface area contributed by atoms with Crippen LogP contribution in [0.1, 0.15) is 20.8 Å². The summed E-state index contributed by atoms with van der Waals surface area (Å²) < 4.78 is 5.38. The van der Waals surface area contributed by atoms with E-state index >= 15 is 0 Å². The van der Waals surface area contributed by atoms with Gasteiger partial charge in [-0.25, -0.2) is 4.79 Å². The second-order valence-corrected chi connectivity index (χ2v) is 5.39. The first-order chi connectivity index (χ1) is 8.72. The predicted octanol–water partition coefficient (Wildman–Crippen LogP) is 2.76. The summed E-state index contributed by atoms with van der Waals surface area (Å²) in [6.45, 7) is 1.24. The lowest BCUT2D eigenvalue weighted by atomic mass is 9.77. The molecular formula is C14H12O3S. The van der Waals surface area contributed by atoms with Gasteiger partial charge >= 0.3 is 5.97 Å². The summed E-state index contributed by atoms with van der Waals surface area (Å²) in [5, 5.41) is 11.1. The van der Waals surface area contributed by atoms with Crippen LogP contribution in [-0.4, -0.2) is 24.3 Å². The predicted molar refractivity (Wildman–Crippen MR) is 69.3 cm³/mol. The minimum absolute atomic E-state index is 0.153. The van der Waals surface area contributed by atoms with Crippen molar-refractivity contribution in [1.29, 1.82) is 0 Å². The number of carbonyl (C=O) groups is 1. The smallest absolute Gasteiger partial charge is 0.335 e. The molecule has 1 aliphatic heterocycles. The summed E-state index contributed by atoms with van der Waals surface area (Å²) in [6, 6.07) is 11.3. The molecule has 4 heteroatoms. The molecule has 1 fully saturated rings. The first-order valence-electron chi connectivity index (χ1n) is 5.68. The highest BCUT2D eigenvalue weighted by atomic mass is 32.1. The molecule has 0 aliphatic carbocycles. The van der Waals surface area contributed by atoms with E-state index in [1.165, 1.54) is 4.88 Å². The number of aromatic carboxylic acids is 1. The fourth-order valence-corrected chi connectivity index (χ4v) is 3.18. The SMILES string of the molecule is O=C(O)c1cccc(C2(c3cccs3)COC2)c1. The molecule has 0 bridgehead atoms. The van der Waals surface area contributed by atoms with Gasteiger partial charge in [-0.2, -0.15) is 0 Å². The van der Waals surface area contributed by atoms with Crippen LogP contribution in [0.3, 0.4) is 0 Å². The van der Waals surface area contributed by atoms with E-state index < -0.39 is 5.97 Å². The zero-order chi connectivity index (χ0) is 12.6. The maximum absolute atomic E-state index is 11.0. The van der Waals surface area contributed by atoms with Crippen molar-refractivity contribution in [2.45, 2.75) is 5.41 Å². The van der Waals surface area contributed by atoms with Crippen LogP contribution in [-0.2, 0) is 10.2 Å². The van der Waals surface area contributed by atoms with E-state index in [4.69, 9.17) is 9.84 Å². The maximum atomic E-state index is 11.0. The normalized spacial score (nSPS) is 17.1. The van der Waals surface area contributed by atoms with Crippen LogP contribution in [0.25, 0.3) is 0 Å². The summed E-state index contributed by atoms with van der Waals surface area (Å²) in [5.74, 6) is -0.890. The van der Waals surface area contributed by atoms with Gasteiger partial charge in [-0.1, -0.05) is 18.2 Å². The highest BCUT2D eigenvalue weighted by Gasteiger charge is 2.43. The Morgan fingerprint density at radius 1 is 1.28 bits per heavy atom. The van der Waals surface area contributed by atoms with Gasteiger partial charge in [0.15, 0.2) is 0 Å². The van der Waals surface area contributed by atoms with Crippen molar-refractivity contribution >= 4 is 17.3 Å². The Labute approximate surface area is 109 Å². The maximum Gasteiger partial charge on any atom is 0.335 e. The molecule has 1 aliphatic rings. The molecule has 1 N–H and O–H groups in total. The second-order valence-electron chi connectivity index (χ2n) is 4.44. The Balaban J connectivity index is 2.07. The third-order valence-electron chi connectivity index (χ3n) is 3.35. The molecule has 2 aromatic rings. The van der Waals surface area contributed by atoms with E-state index in [1.54, 1.807) is 29.5 Å². The fourth-order valence-electron chi connectivity index (χ4n) is 2.26. The summed E-state index contributed by atoms with van der Waals surface area (Å²) in [7, 11) is 0. The van der Waals surface area contributed by atoms with Crippen molar-refractivity contribution in [2.24, 2.45) is 0 Å². The second kappa shape index (κ2) is 4.23. The number of thiophene rings is 1. The number of hydrogen-bond donors (Lipinski definition) is 1. The van der Waals surface area contributed by atoms with E-state index in [2.05, 4.69) is 6.07 Å². The van der Waals surface area contributed by atoms with Crippen molar-refractivity contribution in [2.75, 3.05) is 13.2 Å². The van der Waals surface area contributed by atoms with Crippen LogP contribution >= 0.6 is 11.3 Å². The van der Waals surface area contributed by atoms with Gasteiger partial charge in [0, 0.05) is 4.88 Å². The molecule has 0 radical (unpaired) electrons. The van der Waals surface area contributed by atoms with Gasteiger partial charge in [-0.3, -0.25) is 0 Å². The minimum Gasteiger partial charge on any atom is -0.478 e. The lowest BCUT2D eigenvalue weighted by Gasteiger charge is -2.41. The molecule has 18 heavy (non-hydrogen) atoms. The summed E-state index contributed by atoms with van der Waals surface area (Å²) in [4.78, 5) is 12.3. The van der Waals surface area contributed by atoms with E-state index in [9.17, 15) is 4.79 Å². The standard InChI is InChI=1S/C14H12O3S/c15-13(16)10-3-1-4-11(7-10)14(8-17-9-14)12-5-2-6-18-12/h1-7H,8-9H2,(H,15,16). The number of benzene rings is 1. The Morgan fingerprint density at radius 2 is 2.11 bits per heavy atom. The summed E-state index contributed by atoms with van der Waals surface area (Å²) in [6.07, 6.45) is 0. The van der Waals surface area contributed by atoms with E-state index in [1.807, 2.05) is 17.5 Å². The van der Waals surface area contributed by atoms with Gasteiger partial charge in [-0.05, 0) is 29.1 Å². The zero-order valence-electron chi connectivity index (χ0n) is 9.63. The Hall–Kier alpha value is -1.65. The fraction of sp³-hybridized carbons (Fsp3) is 0.214. The van der Waals surface area contributed by atoms with Crippen LogP contribution in [0, 0.1) is 0 Å². The van der Waals surface area contributed by atoms with Gasteiger partial charge in [0.2, 0.25) is 0 Å². The van der Waals surface area contributed by atoms with Crippen molar-refractivity contribution in [1.82, 2.24) is 0 Å². The molecule has 2 heterocycles. The van der Waals surface area contributed by atoms with Crippen molar-refractivity contribution in [3.63, 3.8) is 0 Å². The van der Waals surface area contributed by atoms with Gasteiger partial charge in [0.1, 0.15) is 0 Å². The number of rotatable bonds is 3. The Bertz CT molecular complexity index is 570. The molecule has 0 unspecified atom stereocenters. The lowest BCUT2D eigenvalue weighted by Crippen LogP contribution is -2.47. The Morgan fingerprint density at radius 3 is 2.67 bits per heavy atom. The molecule has 0 atom stereocenters. The van der Waals surface area contributed by atoms with Crippen molar-refractivity contribution in [3.05, 3.63) is 57.8 Å². The summed E-state index contributed by atoms with van der Waals surface area (Å²) >= 11 is 1.69. The summed E-state index contributed by atoms with van der Waals surface area (Å²) in [5.41, 5.74) is 1.20. The zero-order valence-corrected chi connectivity index (χ0v) is 10.4. The monoisotopic (exact) mass is 260 g/mol. The van der Waals surface area contributed by atoms with Gasteiger partial charge in [0.25, 0.3) is 0 Å². The topological polar surface area (TPSA) is 46.5 Å². The lowest BCUT2D eigenvalue weighted by molar-refractivity contribution is -0.0362. The van der Waals surface area contributed by atoms with E-state index in [0.717, 1.165) is 5.56 Å². The number of carboxylic acid groups (broad SMARTS) is 1. The highest BCUT2D eigenvalue weighted by Crippen LogP contribution is 2.41. The molecule has 1 aromatic heterocycles. The van der Waals surface area contributed by atoms with Crippen molar-refractivity contribution < 1.29 is 14.6 Å². The van der Waals surface area contributed by atoms with Crippen LogP contribution in [0.15, 0.2) is 41.8 Å². The highest BCUT2D eigenvalue weighted by molar-refractivity contribution is 7.10. The average molecular weight is 260 g/mol. The van der Waals surface area contributed by atoms with Crippen LogP contribution in [0.5, 0.6) is 0 Å². The molecule has 92 valence electrons. The van der Waals surface area contributed by atoms with Crippen LogP contribution in [0.2, 0.25) is 0 Å². The molecule has 1 aromatic carbocycles. The minimum atomic E-state index is -0.890. The molecule has 0 amide bonds. The van der Waals surface area contributed by atoms with Crippen LogP contribution in [0.4, 0.5) is 0 Å². The van der Waals surface area contributed by atoms with E-state index in [0.29, 0.717) is 18.8 Å². The van der Waals surface area contributed by atoms with Gasteiger partial charge in [-0.15, -0.1) is 11.3 Å². The quantitative estimate of drug-likeness (QED) is 0.923. The van der Waals surface area contributed by atoms with Crippen LogP contribution < -0.4 is 0 Å². The first-order valence-corrected chi connectivity index (χ1v) is 6.56. The molecule has 3 nitrogen and oxygen atoms in total. The largest absolute Gasteiger partial charge is 0.478 e. The Kier molecular flexibility index (Phi) is 2.69. The molecule has 3 rings (SSSR count). The van der Waals surface area contributed by atoms with E-state index in [-0.39, 0.29) is 5.41 Å². The average Bonchev–Trinajstić information content (AvgIpc) is 2.82. The van der Waals surface area contributed by atoms with Gasteiger partial charge < -0.3 is 9.84 Å². The molecule has 0 saturated carbocycles. The molecule has 0 spiro atoms. The number of carboxylic acids is 1. The number of ether oxygens (including phenoxy) is 1. The van der Waals surface area contributed by atoms with Gasteiger partial charge in [0.05, 0.1) is 24.2 Å². The molecule has 1 saturated heterocycles. The van der Waals surface area contributed by atoms with Crippen molar-refractivity contribution in [3.8, 4) is 0 Å². The third-order valence-corrected chi connectivity index (χ3v) is 4.43.